The van der Waals surface area contributed by atoms with E-state index in [-0.39, 0.29) is 0 Å². The number of aromatic nitrogens is 2. The maximum absolute atomic E-state index is 6.34. The molecule has 0 atom stereocenters. The lowest BCUT2D eigenvalue weighted by Crippen LogP contribution is -2.37. The first-order chi connectivity index (χ1) is 12.6. The van der Waals surface area contributed by atoms with Gasteiger partial charge in [-0.15, -0.1) is 0 Å². The van der Waals surface area contributed by atoms with Crippen molar-refractivity contribution in [2.75, 3.05) is 63.0 Å². The van der Waals surface area contributed by atoms with Gasteiger partial charge in [-0.05, 0) is 23.8 Å². The Morgan fingerprint density at radius 1 is 1.12 bits per heavy atom. The fourth-order valence-corrected chi connectivity index (χ4v) is 2.78. The van der Waals surface area contributed by atoms with Crippen molar-refractivity contribution in [3.05, 3.63) is 35.7 Å². The lowest BCUT2D eigenvalue weighted by Gasteiger charge is -2.30. The Labute approximate surface area is 154 Å². The summed E-state index contributed by atoms with van der Waals surface area (Å²) in [6, 6.07) is 7.83. The smallest absolute Gasteiger partial charge is 0.158 e. The standard InChI is InChI=1S/C19H25N5O2/c1-23(2)18-17(20)19(24-10-12-26-13-11-24)22-16(21-18)9-6-14-4-7-15(25-3)8-5-14/h4-9H,10-13,20H2,1-3H3/b9-6+. The van der Waals surface area contributed by atoms with Crippen LogP contribution in [0.5, 0.6) is 5.75 Å². The lowest BCUT2D eigenvalue weighted by atomic mass is 10.2. The van der Waals surface area contributed by atoms with Crippen LogP contribution < -0.4 is 20.3 Å². The third-order valence-corrected chi connectivity index (χ3v) is 4.20. The van der Waals surface area contributed by atoms with Crippen molar-refractivity contribution in [2.45, 2.75) is 0 Å². The molecule has 26 heavy (non-hydrogen) atoms. The van der Waals surface area contributed by atoms with E-state index in [1.165, 1.54) is 0 Å². The molecule has 2 aromatic rings. The van der Waals surface area contributed by atoms with Crippen LogP contribution in [0.25, 0.3) is 12.2 Å². The molecule has 7 nitrogen and oxygen atoms in total. The first-order valence-corrected chi connectivity index (χ1v) is 8.58. The molecule has 138 valence electrons. The highest BCUT2D eigenvalue weighted by atomic mass is 16.5. The minimum Gasteiger partial charge on any atom is -0.497 e. The number of hydrogen-bond acceptors (Lipinski definition) is 7. The molecule has 0 amide bonds. The normalized spacial score (nSPS) is 14.7. The minimum atomic E-state index is 0.596. The Morgan fingerprint density at radius 3 is 2.42 bits per heavy atom. The summed E-state index contributed by atoms with van der Waals surface area (Å²) in [4.78, 5) is 13.3. The third-order valence-electron chi connectivity index (χ3n) is 4.20. The van der Waals surface area contributed by atoms with E-state index in [0.29, 0.717) is 24.7 Å². The summed E-state index contributed by atoms with van der Waals surface area (Å²) in [6.45, 7) is 2.90. The van der Waals surface area contributed by atoms with Crippen molar-refractivity contribution in [1.29, 1.82) is 0 Å². The number of hydrogen-bond donors (Lipinski definition) is 1. The first-order valence-electron chi connectivity index (χ1n) is 8.58. The molecule has 1 fully saturated rings. The quantitative estimate of drug-likeness (QED) is 0.880. The highest BCUT2D eigenvalue weighted by molar-refractivity contribution is 5.78. The molecule has 7 heteroatoms. The molecule has 1 aromatic carbocycles. The second kappa shape index (κ2) is 8.05. The van der Waals surface area contributed by atoms with Gasteiger partial charge < -0.3 is 25.0 Å². The van der Waals surface area contributed by atoms with Crippen LogP contribution in [0.2, 0.25) is 0 Å². The topological polar surface area (TPSA) is 76.7 Å². The Bertz CT molecular complexity index is 768. The van der Waals surface area contributed by atoms with Crippen LogP contribution >= 0.6 is 0 Å². The van der Waals surface area contributed by atoms with Crippen molar-refractivity contribution in [1.82, 2.24) is 9.97 Å². The monoisotopic (exact) mass is 355 g/mol. The van der Waals surface area contributed by atoms with Gasteiger partial charge in [0.2, 0.25) is 0 Å². The summed E-state index contributed by atoms with van der Waals surface area (Å²) in [5, 5.41) is 0. The van der Waals surface area contributed by atoms with Gasteiger partial charge >= 0.3 is 0 Å². The molecular formula is C19H25N5O2. The van der Waals surface area contributed by atoms with Gasteiger partial charge in [0.1, 0.15) is 11.4 Å². The van der Waals surface area contributed by atoms with Gasteiger partial charge in [0.15, 0.2) is 17.5 Å². The molecule has 0 aliphatic carbocycles. The maximum Gasteiger partial charge on any atom is 0.158 e. The summed E-state index contributed by atoms with van der Waals surface area (Å²) in [5.74, 6) is 2.94. The van der Waals surface area contributed by atoms with E-state index in [1.54, 1.807) is 7.11 Å². The predicted molar refractivity (Wildman–Crippen MR) is 106 cm³/mol. The van der Waals surface area contributed by atoms with Gasteiger partial charge in [-0.3, -0.25) is 0 Å². The number of morpholine rings is 1. The molecule has 0 saturated carbocycles. The number of ether oxygens (including phenoxy) is 2. The number of nitrogens with two attached hydrogens (primary N) is 1. The van der Waals surface area contributed by atoms with E-state index in [9.17, 15) is 0 Å². The van der Waals surface area contributed by atoms with E-state index >= 15 is 0 Å². The molecule has 1 saturated heterocycles. The number of methoxy groups -OCH3 is 1. The number of rotatable bonds is 5. The molecule has 1 aromatic heterocycles. The Hall–Kier alpha value is -2.80. The van der Waals surface area contributed by atoms with Crippen LogP contribution in [0.15, 0.2) is 24.3 Å². The number of nitrogen functional groups attached to an aromatic ring is 1. The second-order valence-corrected chi connectivity index (χ2v) is 6.24. The number of anilines is 3. The molecule has 1 aliphatic heterocycles. The molecule has 2 N–H and O–H groups in total. The van der Waals surface area contributed by atoms with Crippen LogP contribution in [0.1, 0.15) is 11.4 Å². The van der Waals surface area contributed by atoms with Gasteiger partial charge in [0.25, 0.3) is 0 Å². The molecule has 0 unspecified atom stereocenters. The molecule has 2 heterocycles. The van der Waals surface area contributed by atoms with Crippen molar-refractivity contribution in [2.24, 2.45) is 0 Å². The van der Waals surface area contributed by atoms with Gasteiger partial charge in [-0.1, -0.05) is 18.2 Å². The average molecular weight is 355 g/mol. The molecule has 0 radical (unpaired) electrons. The number of benzene rings is 1. The largest absolute Gasteiger partial charge is 0.497 e. The van der Waals surface area contributed by atoms with Crippen molar-refractivity contribution in [3.63, 3.8) is 0 Å². The van der Waals surface area contributed by atoms with Crippen LogP contribution in [0.4, 0.5) is 17.3 Å². The highest BCUT2D eigenvalue weighted by Crippen LogP contribution is 2.30. The van der Waals surface area contributed by atoms with Crippen LogP contribution in [0.3, 0.4) is 0 Å². The molecule has 0 spiro atoms. The lowest BCUT2D eigenvalue weighted by molar-refractivity contribution is 0.122. The molecule has 1 aliphatic rings. The van der Waals surface area contributed by atoms with E-state index < -0.39 is 0 Å². The predicted octanol–water partition coefficient (Wildman–Crippen LogP) is 2.14. The Balaban J connectivity index is 1.92. The van der Waals surface area contributed by atoms with Crippen molar-refractivity contribution >= 4 is 29.5 Å². The highest BCUT2D eigenvalue weighted by Gasteiger charge is 2.20. The van der Waals surface area contributed by atoms with E-state index in [2.05, 4.69) is 14.9 Å². The summed E-state index contributed by atoms with van der Waals surface area (Å²) < 4.78 is 10.6. The SMILES string of the molecule is COc1ccc(/C=C/c2nc(N(C)C)c(N)c(N3CCOCC3)n2)cc1. The fraction of sp³-hybridized carbons (Fsp3) is 0.368. The van der Waals surface area contributed by atoms with Gasteiger partial charge in [0.05, 0.1) is 20.3 Å². The second-order valence-electron chi connectivity index (χ2n) is 6.24. The number of nitrogens with zero attached hydrogens (tertiary/aromatic N) is 4. The van der Waals surface area contributed by atoms with Gasteiger partial charge in [0, 0.05) is 27.2 Å². The Kier molecular flexibility index (Phi) is 5.58. The van der Waals surface area contributed by atoms with Crippen molar-refractivity contribution < 1.29 is 9.47 Å². The van der Waals surface area contributed by atoms with Gasteiger partial charge in [-0.25, -0.2) is 9.97 Å². The van der Waals surface area contributed by atoms with Crippen molar-refractivity contribution in [3.8, 4) is 5.75 Å². The third kappa shape index (κ3) is 4.05. The first kappa shape index (κ1) is 18.0. The van der Waals surface area contributed by atoms with E-state index in [0.717, 1.165) is 36.0 Å². The molecule has 0 bridgehead atoms. The minimum absolute atomic E-state index is 0.596. The zero-order valence-corrected chi connectivity index (χ0v) is 15.5. The summed E-state index contributed by atoms with van der Waals surface area (Å²) >= 11 is 0. The zero-order valence-electron chi connectivity index (χ0n) is 15.5. The molecular weight excluding hydrogens is 330 g/mol. The van der Waals surface area contributed by atoms with Crippen LogP contribution in [-0.2, 0) is 4.74 Å². The summed E-state index contributed by atoms with van der Waals surface area (Å²) in [6.07, 6.45) is 3.88. The average Bonchev–Trinajstić information content (AvgIpc) is 2.68. The van der Waals surface area contributed by atoms with E-state index in [4.69, 9.17) is 15.2 Å². The zero-order chi connectivity index (χ0) is 18.5. The summed E-state index contributed by atoms with van der Waals surface area (Å²) in [7, 11) is 5.51. The van der Waals surface area contributed by atoms with Gasteiger partial charge in [-0.2, -0.15) is 0 Å². The maximum atomic E-state index is 6.34. The fourth-order valence-electron chi connectivity index (χ4n) is 2.78. The summed E-state index contributed by atoms with van der Waals surface area (Å²) in [5.41, 5.74) is 7.98. The van der Waals surface area contributed by atoms with Crippen LogP contribution in [-0.4, -0.2) is 57.5 Å². The molecule has 3 rings (SSSR count). The van der Waals surface area contributed by atoms with E-state index in [1.807, 2.05) is 55.4 Å². The van der Waals surface area contributed by atoms with Crippen LogP contribution in [0, 0.1) is 0 Å². The Morgan fingerprint density at radius 2 is 1.81 bits per heavy atom.